The lowest BCUT2D eigenvalue weighted by atomic mass is 9.99. The number of nitrogens with zero attached hydrogens (tertiary/aromatic N) is 1. The first kappa shape index (κ1) is 22.4. The Bertz CT molecular complexity index is 635. The standard InChI is InChI=1S/C22H30ClNO4/c23-28-22(27)13-6-1-2-7-16-24-19(11-8-12-21(24)26)14-15-20(25)17-18-9-4-3-5-10-18/h3-5,9-10,14-15,19-20,25H,1-2,6-8,11-13,16-17H2/b15-14+/t19-,20?/m1/s1. The third-order valence-electron chi connectivity index (χ3n) is 5.07. The highest BCUT2D eigenvalue weighted by Crippen LogP contribution is 2.21. The summed E-state index contributed by atoms with van der Waals surface area (Å²) >= 11 is 5.00. The number of aliphatic hydroxyl groups is 1. The molecule has 0 bridgehead atoms. The van der Waals surface area contributed by atoms with Crippen LogP contribution < -0.4 is 0 Å². The van der Waals surface area contributed by atoms with Crippen molar-refractivity contribution in [3.8, 4) is 0 Å². The zero-order valence-corrected chi connectivity index (χ0v) is 17.0. The highest BCUT2D eigenvalue weighted by molar-refractivity contribution is 6.13. The molecule has 1 aromatic carbocycles. The second-order valence-electron chi connectivity index (χ2n) is 7.30. The summed E-state index contributed by atoms with van der Waals surface area (Å²) in [6, 6.07) is 9.94. The van der Waals surface area contributed by atoms with Gasteiger partial charge in [-0.1, -0.05) is 55.3 Å². The normalized spacial score (nSPS) is 18.4. The molecule has 1 aromatic rings. The van der Waals surface area contributed by atoms with Gasteiger partial charge in [0.05, 0.1) is 12.1 Å². The number of piperidine rings is 1. The molecule has 1 unspecified atom stereocenters. The Labute approximate surface area is 172 Å². The maximum Gasteiger partial charge on any atom is 0.324 e. The van der Waals surface area contributed by atoms with E-state index < -0.39 is 12.1 Å². The number of hydrogen-bond acceptors (Lipinski definition) is 4. The molecule has 1 amide bonds. The third kappa shape index (κ3) is 8.03. The van der Waals surface area contributed by atoms with Gasteiger partial charge >= 0.3 is 5.97 Å². The summed E-state index contributed by atoms with van der Waals surface area (Å²) in [5.41, 5.74) is 1.09. The van der Waals surface area contributed by atoms with Crippen LogP contribution in [0.3, 0.4) is 0 Å². The van der Waals surface area contributed by atoms with Crippen molar-refractivity contribution in [2.75, 3.05) is 6.54 Å². The summed E-state index contributed by atoms with van der Waals surface area (Å²) in [5, 5.41) is 10.3. The molecule has 1 aliphatic rings. The van der Waals surface area contributed by atoms with E-state index in [-0.39, 0.29) is 11.9 Å². The fourth-order valence-electron chi connectivity index (χ4n) is 3.56. The molecule has 0 aliphatic carbocycles. The van der Waals surface area contributed by atoms with Crippen molar-refractivity contribution in [2.45, 2.75) is 69.9 Å². The quantitative estimate of drug-likeness (QED) is 0.441. The largest absolute Gasteiger partial charge is 0.389 e. The van der Waals surface area contributed by atoms with Crippen molar-refractivity contribution >= 4 is 23.7 Å². The average molecular weight is 408 g/mol. The van der Waals surface area contributed by atoms with E-state index in [9.17, 15) is 14.7 Å². The molecular weight excluding hydrogens is 378 g/mol. The molecule has 0 radical (unpaired) electrons. The second kappa shape index (κ2) is 12.6. The molecule has 0 aromatic heterocycles. The van der Waals surface area contributed by atoms with Crippen LogP contribution in [0.5, 0.6) is 0 Å². The lowest BCUT2D eigenvalue weighted by molar-refractivity contribution is -0.135. The smallest absolute Gasteiger partial charge is 0.324 e. The average Bonchev–Trinajstić information content (AvgIpc) is 2.70. The molecule has 1 saturated heterocycles. The van der Waals surface area contributed by atoms with Crippen LogP contribution in [-0.4, -0.2) is 40.6 Å². The van der Waals surface area contributed by atoms with Crippen molar-refractivity contribution in [2.24, 2.45) is 0 Å². The minimum atomic E-state index is -0.553. The zero-order chi connectivity index (χ0) is 20.2. The Hall–Kier alpha value is -1.85. The number of unbranched alkanes of at least 4 members (excludes halogenated alkanes) is 3. The number of rotatable bonds is 11. The second-order valence-corrected chi connectivity index (χ2v) is 7.46. The highest BCUT2D eigenvalue weighted by Gasteiger charge is 2.25. The van der Waals surface area contributed by atoms with Crippen molar-refractivity contribution in [3.63, 3.8) is 0 Å². The van der Waals surface area contributed by atoms with Crippen LogP contribution in [0, 0.1) is 0 Å². The van der Waals surface area contributed by atoms with Gasteiger partial charge in [0.2, 0.25) is 5.91 Å². The fourth-order valence-corrected chi connectivity index (χ4v) is 3.64. The lowest BCUT2D eigenvalue weighted by Gasteiger charge is -2.34. The first-order valence-electron chi connectivity index (χ1n) is 10.1. The number of hydrogen-bond donors (Lipinski definition) is 1. The molecule has 1 N–H and O–H groups in total. The summed E-state index contributed by atoms with van der Waals surface area (Å²) < 4.78 is 4.12. The summed E-state index contributed by atoms with van der Waals surface area (Å²) in [4.78, 5) is 25.3. The van der Waals surface area contributed by atoms with Gasteiger partial charge in [0.15, 0.2) is 0 Å². The van der Waals surface area contributed by atoms with E-state index in [1.807, 2.05) is 47.4 Å². The maximum atomic E-state index is 12.3. The third-order valence-corrected chi connectivity index (χ3v) is 5.24. The fraction of sp³-hybridized carbons (Fsp3) is 0.545. The minimum absolute atomic E-state index is 0.0536. The van der Waals surface area contributed by atoms with Gasteiger partial charge in [-0.05, 0) is 31.2 Å². The molecule has 28 heavy (non-hydrogen) atoms. The van der Waals surface area contributed by atoms with Crippen molar-refractivity contribution in [1.82, 2.24) is 4.90 Å². The predicted molar refractivity (Wildman–Crippen MR) is 110 cm³/mol. The van der Waals surface area contributed by atoms with Crippen LogP contribution in [0.4, 0.5) is 0 Å². The molecule has 0 saturated carbocycles. The van der Waals surface area contributed by atoms with Gasteiger partial charge in [-0.3, -0.25) is 9.59 Å². The summed E-state index contributed by atoms with van der Waals surface area (Å²) in [6.07, 6.45) is 10.1. The van der Waals surface area contributed by atoms with E-state index in [2.05, 4.69) is 4.29 Å². The Balaban J connectivity index is 1.77. The topological polar surface area (TPSA) is 66.8 Å². The van der Waals surface area contributed by atoms with E-state index >= 15 is 0 Å². The molecule has 1 heterocycles. The van der Waals surface area contributed by atoms with Crippen LogP contribution in [0.1, 0.15) is 56.9 Å². The van der Waals surface area contributed by atoms with Gasteiger partial charge in [0, 0.05) is 25.8 Å². The predicted octanol–water partition coefficient (Wildman–Crippen LogP) is 4.17. The maximum absolute atomic E-state index is 12.3. The Kier molecular flexibility index (Phi) is 10.1. The number of amides is 1. The van der Waals surface area contributed by atoms with Crippen LogP contribution >= 0.6 is 11.9 Å². The van der Waals surface area contributed by atoms with Gasteiger partial charge in [-0.25, -0.2) is 0 Å². The van der Waals surface area contributed by atoms with E-state index in [4.69, 9.17) is 11.9 Å². The van der Waals surface area contributed by atoms with Crippen LogP contribution in [0.15, 0.2) is 42.5 Å². The molecule has 1 aliphatic heterocycles. The van der Waals surface area contributed by atoms with E-state index in [1.165, 1.54) is 0 Å². The number of likely N-dealkylation sites (tertiary alicyclic amines) is 1. The number of aliphatic hydroxyl groups excluding tert-OH is 1. The Morgan fingerprint density at radius 3 is 2.75 bits per heavy atom. The molecule has 1 fully saturated rings. The van der Waals surface area contributed by atoms with Gasteiger partial charge < -0.3 is 14.3 Å². The van der Waals surface area contributed by atoms with Crippen molar-refractivity contribution in [3.05, 3.63) is 48.0 Å². The van der Waals surface area contributed by atoms with Crippen LogP contribution in [-0.2, 0) is 20.3 Å². The highest BCUT2D eigenvalue weighted by atomic mass is 35.5. The van der Waals surface area contributed by atoms with Crippen LogP contribution in [0.25, 0.3) is 0 Å². The van der Waals surface area contributed by atoms with Crippen molar-refractivity contribution in [1.29, 1.82) is 0 Å². The number of benzene rings is 1. The number of carbonyl (C=O) groups is 2. The van der Waals surface area contributed by atoms with Crippen molar-refractivity contribution < 1.29 is 19.0 Å². The SMILES string of the molecule is O=C(CCCCCCN1C(=O)CCC[C@@H]1/C=C/C(O)Cc1ccccc1)OCl. The summed E-state index contributed by atoms with van der Waals surface area (Å²) in [7, 11) is 0. The Morgan fingerprint density at radius 1 is 1.25 bits per heavy atom. The first-order chi connectivity index (χ1) is 13.6. The molecule has 0 spiro atoms. The summed E-state index contributed by atoms with van der Waals surface area (Å²) in [5.74, 6) is -0.212. The van der Waals surface area contributed by atoms with Gasteiger partial charge in [-0.15, -0.1) is 0 Å². The first-order valence-corrected chi connectivity index (χ1v) is 10.4. The molecule has 6 heteroatoms. The number of carbonyl (C=O) groups excluding carboxylic acids is 2. The molecule has 2 rings (SSSR count). The molecular formula is C22H30ClNO4. The number of halogens is 1. The lowest BCUT2D eigenvalue weighted by Crippen LogP contribution is -2.43. The van der Waals surface area contributed by atoms with Gasteiger partial charge in [0.1, 0.15) is 11.9 Å². The monoisotopic (exact) mass is 407 g/mol. The zero-order valence-electron chi connectivity index (χ0n) is 16.3. The minimum Gasteiger partial charge on any atom is -0.389 e. The summed E-state index contributed by atoms with van der Waals surface area (Å²) in [6.45, 7) is 0.711. The molecule has 2 atom stereocenters. The van der Waals surface area contributed by atoms with Crippen LogP contribution in [0.2, 0.25) is 0 Å². The molecule has 154 valence electrons. The molecule has 5 nitrogen and oxygen atoms in total. The van der Waals surface area contributed by atoms with Gasteiger partial charge in [-0.2, -0.15) is 0 Å². The van der Waals surface area contributed by atoms with E-state index in [0.29, 0.717) is 25.8 Å². The Morgan fingerprint density at radius 2 is 2.00 bits per heavy atom. The van der Waals surface area contributed by atoms with E-state index in [0.717, 1.165) is 44.1 Å². The van der Waals surface area contributed by atoms with Gasteiger partial charge in [0.25, 0.3) is 0 Å². The van der Waals surface area contributed by atoms with E-state index in [1.54, 1.807) is 0 Å².